The van der Waals surface area contributed by atoms with Crippen molar-refractivity contribution in [2.24, 2.45) is 0 Å². The standard InChI is InChI=1S/C16H13F2NO3/c1-22-16(21)14(10-5-3-2-4-6-10)19-15(20)12-8-7-11(17)9-13(12)18/h2-9,14H,1H3,(H,19,20)/t14-/m1/s1. The van der Waals surface area contributed by atoms with Crippen LogP contribution in [0.5, 0.6) is 0 Å². The van der Waals surface area contributed by atoms with Crippen LogP contribution < -0.4 is 5.32 Å². The van der Waals surface area contributed by atoms with Crippen LogP contribution in [0.25, 0.3) is 0 Å². The van der Waals surface area contributed by atoms with E-state index in [1.165, 1.54) is 7.11 Å². The molecule has 114 valence electrons. The zero-order chi connectivity index (χ0) is 16.1. The quantitative estimate of drug-likeness (QED) is 0.883. The average Bonchev–Trinajstić information content (AvgIpc) is 2.52. The lowest BCUT2D eigenvalue weighted by atomic mass is 10.1. The molecule has 0 saturated heterocycles. The first kappa shape index (κ1) is 15.6. The molecular weight excluding hydrogens is 292 g/mol. The van der Waals surface area contributed by atoms with Gasteiger partial charge in [-0.2, -0.15) is 0 Å². The summed E-state index contributed by atoms with van der Waals surface area (Å²) in [6.07, 6.45) is 0. The first-order chi connectivity index (χ1) is 10.5. The van der Waals surface area contributed by atoms with Crippen LogP contribution in [0.15, 0.2) is 48.5 Å². The summed E-state index contributed by atoms with van der Waals surface area (Å²) in [6.45, 7) is 0. The van der Waals surface area contributed by atoms with Gasteiger partial charge in [0, 0.05) is 6.07 Å². The van der Waals surface area contributed by atoms with Crippen LogP contribution in [0.4, 0.5) is 8.78 Å². The van der Waals surface area contributed by atoms with E-state index in [4.69, 9.17) is 0 Å². The number of carbonyl (C=O) groups excluding carboxylic acids is 2. The molecule has 2 aromatic rings. The second-order valence-corrected chi connectivity index (χ2v) is 4.46. The summed E-state index contributed by atoms with van der Waals surface area (Å²) in [6, 6.07) is 9.89. The summed E-state index contributed by atoms with van der Waals surface area (Å²) < 4.78 is 31.1. The van der Waals surface area contributed by atoms with E-state index in [2.05, 4.69) is 10.1 Å². The summed E-state index contributed by atoms with van der Waals surface area (Å²) in [4.78, 5) is 23.9. The molecule has 1 N–H and O–H groups in total. The fourth-order valence-corrected chi connectivity index (χ4v) is 1.92. The Kier molecular flexibility index (Phi) is 4.83. The molecule has 1 amide bonds. The average molecular weight is 305 g/mol. The monoisotopic (exact) mass is 305 g/mol. The van der Waals surface area contributed by atoms with Gasteiger partial charge in [0.2, 0.25) is 0 Å². The van der Waals surface area contributed by atoms with Crippen molar-refractivity contribution in [2.45, 2.75) is 6.04 Å². The number of methoxy groups -OCH3 is 1. The predicted molar refractivity (Wildman–Crippen MR) is 75.0 cm³/mol. The molecule has 22 heavy (non-hydrogen) atoms. The Morgan fingerprint density at radius 1 is 1.09 bits per heavy atom. The Labute approximate surface area is 125 Å². The highest BCUT2D eigenvalue weighted by Gasteiger charge is 2.25. The van der Waals surface area contributed by atoms with Crippen molar-refractivity contribution in [3.8, 4) is 0 Å². The molecule has 0 radical (unpaired) electrons. The normalized spacial score (nSPS) is 11.6. The second-order valence-electron chi connectivity index (χ2n) is 4.46. The number of hydrogen-bond acceptors (Lipinski definition) is 3. The van der Waals surface area contributed by atoms with Crippen molar-refractivity contribution in [3.63, 3.8) is 0 Å². The Bertz CT molecular complexity index is 689. The summed E-state index contributed by atoms with van der Waals surface area (Å²) in [5, 5.41) is 2.38. The van der Waals surface area contributed by atoms with Gasteiger partial charge in [-0.05, 0) is 17.7 Å². The largest absolute Gasteiger partial charge is 0.467 e. The number of carbonyl (C=O) groups is 2. The number of hydrogen-bond donors (Lipinski definition) is 1. The molecule has 0 heterocycles. The van der Waals surface area contributed by atoms with Crippen molar-refractivity contribution in [2.75, 3.05) is 7.11 Å². The van der Waals surface area contributed by atoms with E-state index in [0.29, 0.717) is 11.6 Å². The molecular formula is C16H13F2NO3. The van der Waals surface area contributed by atoms with Crippen LogP contribution in [-0.4, -0.2) is 19.0 Å². The molecule has 2 rings (SSSR count). The molecule has 2 aromatic carbocycles. The summed E-state index contributed by atoms with van der Waals surface area (Å²) in [5.74, 6) is -3.32. The molecule has 0 aliphatic rings. The van der Waals surface area contributed by atoms with Crippen molar-refractivity contribution in [1.82, 2.24) is 5.32 Å². The molecule has 0 aliphatic heterocycles. The van der Waals surface area contributed by atoms with Gasteiger partial charge < -0.3 is 10.1 Å². The fraction of sp³-hybridized carbons (Fsp3) is 0.125. The maximum absolute atomic E-state index is 13.6. The van der Waals surface area contributed by atoms with Crippen LogP contribution in [-0.2, 0) is 9.53 Å². The smallest absolute Gasteiger partial charge is 0.333 e. The van der Waals surface area contributed by atoms with Crippen molar-refractivity contribution in [1.29, 1.82) is 0 Å². The summed E-state index contributed by atoms with van der Waals surface area (Å²) in [7, 11) is 1.18. The van der Waals surface area contributed by atoms with Crippen LogP contribution in [0.3, 0.4) is 0 Å². The van der Waals surface area contributed by atoms with Crippen molar-refractivity contribution >= 4 is 11.9 Å². The number of esters is 1. The molecule has 0 bridgehead atoms. The minimum absolute atomic E-state index is 0.355. The molecule has 6 heteroatoms. The minimum atomic E-state index is -1.08. The van der Waals surface area contributed by atoms with Crippen molar-refractivity contribution in [3.05, 3.63) is 71.3 Å². The number of ether oxygens (including phenoxy) is 1. The third kappa shape index (κ3) is 3.46. The molecule has 4 nitrogen and oxygen atoms in total. The Morgan fingerprint density at radius 3 is 2.36 bits per heavy atom. The van der Waals surface area contributed by atoms with Gasteiger partial charge in [0.15, 0.2) is 6.04 Å². The number of benzene rings is 2. The highest BCUT2D eigenvalue weighted by atomic mass is 19.1. The van der Waals surface area contributed by atoms with E-state index in [9.17, 15) is 18.4 Å². The highest BCUT2D eigenvalue weighted by molar-refractivity contribution is 5.97. The summed E-state index contributed by atoms with van der Waals surface area (Å²) >= 11 is 0. The van der Waals surface area contributed by atoms with Gasteiger partial charge in [-0.15, -0.1) is 0 Å². The van der Waals surface area contributed by atoms with Gasteiger partial charge in [0.05, 0.1) is 12.7 Å². The molecule has 0 aliphatic carbocycles. The molecule has 0 unspecified atom stereocenters. The van der Waals surface area contributed by atoms with Gasteiger partial charge in [-0.25, -0.2) is 13.6 Å². The minimum Gasteiger partial charge on any atom is -0.467 e. The Morgan fingerprint density at radius 2 is 1.77 bits per heavy atom. The van der Waals surface area contributed by atoms with Gasteiger partial charge in [-0.3, -0.25) is 4.79 Å². The Hall–Kier alpha value is -2.76. The van der Waals surface area contributed by atoms with E-state index in [-0.39, 0.29) is 5.56 Å². The van der Waals surface area contributed by atoms with E-state index in [1.54, 1.807) is 30.3 Å². The number of amides is 1. The summed E-state index contributed by atoms with van der Waals surface area (Å²) in [5.41, 5.74) is 0.136. The van der Waals surface area contributed by atoms with E-state index in [1.807, 2.05) is 0 Å². The van der Waals surface area contributed by atoms with Crippen LogP contribution >= 0.6 is 0 Å². The van der Waals surface area contributed by atoms with Crippen LogP contribution in [0.1, 0.15) is 22.0 Å². The van der Waals surface area contributed by atoms with Crippen LogP contribution in [0.2, 0.25) is 0 Å². The van der Waals surface area contributed by atoms with Crippen LogP contribution in [0, 0.1) is 11.6 Å². The van der Waals surface area contributed by atoms with Gasteiger partial charge >= 0.3 is 5.97 Å². The zero-order valence-corrected chi connectivity index (χ0v) is 11.7. The second kappa shape index (κ2) is 6.80. The molecule has 0 saturated carbocycles. The van der Waals surface area contributed by atoms with E-state index < -0.39 is 29.6 Å². The van der Waals surface area contributed by atoms with Gasteiger partial charge in [0.25, 0.3) is 5.91 Å². The third-order valence-electron chi connectivity index (χ3n) is 3.02. The highest BCUT2D eigenvalue weighted by Crippen LogP contribution is 2.16. The third-order valence-corrected chi connectivity index (χ3v) is 3.02. The van der Waals surface area contributed by atoms with E-state index >= 15 is 0 Å². The lowest BCUT2D eigenvalue weighted by molar-refractivity contribution is -0.143. The van der Waals surface area contributed by atoms with E-state index in [0.717, 1.165) is 12.1 Å². The fourth-order valence-electron chi connectivity index (χ4n) is 1.92. The maximum Gasteiger partial charge on any atom is 0.333 e. The van der Waals surface area contributed by atoms with Gasteiger partial charge in [-0.1, -0.05) is 30.3 Å². The topological polar surface area (TPSA) is 55.4 Å². The first-order valence-corrected chi connectivity index (χ1v) is 6.41. The zero-order valence-electron chi connectivity index (χ0n) is 11.7. The lowest BCUT2D eigenvalue weighted by Crippen LogP contribution is -2.35. The van der Waals surface area contributed by atoms with Gasteiger partial charge in [0.1, 0.15) is 11.6 Å². The number of halogens is 2. The molecule has 0 aromatic heterocycles. The number of rotatable bonds is 4. The first-order valence-electron chi connectivity index (χ1n) is 6.41. The Balaban J connectivity index is 2.27. The predicted octanol–water partition coefficient (Wildman–Crippen LogP) is 2.61. The SMILES string of the molecule is COC(=O)[C@H](NC(=O)c1ccc(F)cc1F)c1ccccc1. The van der Waals surface area contributed by atoms with Crippen molar-refractivity contribution < 1.29 is 23.1 Å². The maximum atomic E-state index is 13.6. The molecule has 0 spiro atoms. The molecule has 1 atom stereocenters. The molecule has 0 fully saturated rings. The lowest BCUT2D eigenvalue weighted by Gasteiger charge is -2.17. The number of nitrogens with one attached hydrogen (secondary N) is 1.